The van der Waals surface area contributed by atoms with Gasteiger partial charge >= 0.3 is 0 Å². The fraction of sp³-hybridized carbons (Fsp3) is 0.538. The van der Waals surface area contributed by atoms with Crippen LogP contribution in [0.25, 0.3) is 0 Å². The summed E-state index contributed by atoms with van der Waals surface area (Å²) in [7, 11) is 0. The molecule has 0 aromatic heterocycles. The zero-order chi connectivity index (χ0) is 10.1. The average Bonchev–Trinajstić information content (AvgIpc) is 2.17. The van der Waals surface area contributed by atoms with Crippen molar-refractivity contribution in [2.75, 3.05) is 6.61 Å². The fourth-order valence-corrected chi connectivity index (χ4v) is 2.42. The molecule has 14 heavy (non-hydrogen) atoms. The third-order valence-electron chi connectivity index (χ3n) is 3.00. The van der Waals surface area contributed by atoms with E-state index < -0.39 is 0 Å². The van der Waals surface area contributed by atoms with Crippen LogP contribution in [0, 0.1) is 6.92 Å². The Morgan fingerprint density at radius 3 is 2.79 bits per heavy atom. The van der Waals surface area contributed by atoms with Crippen LogP contribution < -0.4 is 0 Å². The molecule has 1 nitrogen and oxygen atoms in total. The van der Waals surface area contributed by atoms with Gasteiger partial charge in [-0.3, -0.25) is 0 Å². The van der Waals surface area contributed by atoms with E-state index in [0.717, 1.165) is 19.6 Å². The predicted molar refractivity (Wildman–Crippen MR) is 58.6 cm³/mol. The lowest BCUT2D eigenvalue weighted by Crippen LogP contribution is -2.14. The molecule has 0 atom stereocenters. The molecule has 0 radical (unpaired) electrons. The average molecular weight is 190 g/mol. The minimum absolute atomic E-state index is 0.628. The highest BCUT2D eigenvalue weighted by molar-refractivity contribution is 5.43. The van der Waals surface area contributed by atoms with Crippen LogP contribution >= 0.6 is 0 Å². The van der Waals surface area contributed by atoms with Crippen molar-refractivity contribution in [1.29, 1.82) is 0 Å². The number of fused-ring (bicyclic) bond motifs is 1. The van der Waals surface area contributed by atoms with Crippen LogP contribution in [0.15, 0.2) is 12.1 Å². The second kappa shape index (κ2) is 3.74. The largest absolute Gasteiger partial charge is 0.376 e. The molecule has 0 amide bonds. The zero-order valence-corrected chi connectivity index (χ0v) is 9.26. The number of aryl methyl sites for hydroxylation is 1. The summed E-state index contributed by atoms with van der Waals surface area (Å²) in [5.41, 5.74) is 5.92. The molecule has 1 heterocycles. The van der Waals surface area contributed by atoms with Crippen LogP contribution in [-0.4, -0.2) is 6.61 Å². The van der Waals surface area contributed by atoms with Crippen molar-refractivity contribution in [3.8, 4) is 0 Å². The van der Waals surface area contributed by atoms with Gasteiger partial charge in [0.2, 0.25) is 0 Å². The van der Waals surface area contributed by atoms with Crippen molar-refractivity contribution in [2.45, 2.75) is 39.7 Å². The van der Waals surface area contributed by atoms with Gasteiger partial charge in [-0.1, -0.05) is 26.0 Å². The van der Waals surface area contributed by atoms with Crippen molar-refractivity contribution >= 4 is 0 Å². The molecule has 2 rings (SSSR count). The van der Waals surface area contributed by atoms with E-state index in [1.165, 1.54) is 11.1 Å². The number of benzene rings is 1. The van der Waals surface area contributed by atoms with Gasteiger partial charge in [-0.25, -0.2) is 0 Å². The highest BCUT2D eigenvalue weighted by Gasteiger charge is 2.16. The maximum Gasteiger partial charge on any atom is 0.0719 e. The molecule has 0 spiro atoms. The van der Waals surface area contributed by atoms with E-state index >= 15 is 0 Å². The molecule has 1 aromatic rings. The summed E-state index contributed by atoms with van der Waals surface area (Å²) in [6.07, 6.45) is 1.09. The summed E-state index contributed by atoms with van der Waals surface area (Å²) < 4.78 is 5.47. The fourth-order valence-electron chi connectivity index (χ4n) is 2.42. The standard InChI is InChI=1S/C13H18O/c1-9(2)13-10(3)4-5-11-8-14-7-6-12(11)13/h4-5,9H,6-8H2,1-3H3. The first kappa shape index (κ1) is 9.72. The smallest absolute Gasteiger partial charge is 0.0719 e. The lowest BCUT2D eigenvalue weighted by Gasteiger charge is -2.23. The molecule has 0 unspecified atom stereocenters. The van der Waals surface area contributed by atoms with Crippen molar-refractivity contribution < 1.29 is 4.74 Å². The molecule has 1 aromatic carbocycles. The minimum atomic E-state index is 0.628. The van der Waals surface area contributed by atoms with Gasteiger partial charge in [0.15, 0.2) is 0 Å². The Hall–Kier alpha value is -0.820. The van der Waals surface area contributed by atoms with Crippen LogP contribution in [0.4, 0.5) is 0 Å². The third kappa shape index (κ3) is 1.57. The summed E-state index contributed by atoms with van der Waals surface area (Å²) in [5.74, 6) is 0.628. The molecule has 1 aliphatic heterocycles. The van der Waals surface area contributed by atoms with Crippen LogP contribution in [0.2, 0.25) is 0 Å². The Kier molecular flexibility index (Phi) is 2.60. The first-order chi connectivity index (χ1) is 6.70. The molecule has 1 aliphatic rings. The van der Waals surface area contributed by atoms with Gasteiger partial charge in [0.05, 0.1) is 13.2 Å². The summed E-state index contributed by atoms with van der Waals surface area (Å²) >= 11 is 0. The number of ether oxygens (including phenoxy) is 1. The Bertz CT molecular complexity index is 339. The van der Waals surface area contributed by atoms with Gasteiger partial charge in [0.1, 0.15) is 0 Å². The summed E-state index contributed by atoms with van der Waals surface area (Å²) in [4.78, 5) is 0. The van der Waals surface area contributed by atoms with Crippen LogP contribution in [0.5, 0.6) is 0 Å². The van der Waals surface area contributed by atoms with Crippen molar-refractivity contribution in [3.05, 3.63) is 34.4 Å². The normalized spacial score (nSPS) is 15.7. The van der Waals surface area contributed by atoms with Gasteiger partial charge in [-0.05, 0) is 41.5 Å². The first-order valence-electron chi connectivity index (χ1n) is 5.39. The second-order valence-electron chi connectivity index (χ2n) is 4.39. The molecule has 0 fully saturated rings. The highest BCUT2D eigenvalue weighted by atomic mass is 16.5. The van der Waals surface area contributed by atoms with Crippen LogP contribution in [-0.2, 0) is 17.8 Å². The quantitative estimate of drug-likeness (QED) is 0.661. The maximum absolute atomic E-state index is 5.47. The molecule has 1 heteroatoms. The van der Waals surface area contributed by atoms with E-state index in [1.54, 1.807) is 11.1 Å². The SMILES string of the molecule is Cc1ccc2c(c1C(C)C)CCOC2. The van der Waals surface area contributed by atoms with Gasteiger partial charge in [-0.15, -0.1) is 0 Å². The van der Waals surface area contributed by atoms with E-state index in [-0.39, 0.29) is 0 Å². The van der Waals surface area contributed by atoms with E-state index in [2.05, 4.69) is 32.9 Å². The molecule has 0 aliphatic carbocycles. The molecule has 0 saturated heterocycles. The Morgan fingerprint density at radius 1 is 1.29 bits per heavy atom. The Labute approximate surface area is 86.1 Å². The van der Waals surface area contributed by atoms with Crippen molar-refractivity contribution in [3.63, 3.8) is 0 Å². The molecule has 0 N–H and O–H groups in total. The zero-order valence-electron chi connectivity index (χ0n) is 9.26. The van der Waals surface area contributed by atoms with Crippen LogP contribution in [0.3, 0.4) is 0 Å². The third-order valence-corrected chi connectivity index (χ3v) is 3.00. The van der Waals surface area contributed by atoms with E-state index in [4.69, 9.17) is 4.74 Å². The van der Waals surface area contributed by atoms with Crippen LogP contribution in [0.1, 0.15) is 42.0 Å². The Morgan fingerprint density at radius 2 is 2.07 bits per heavy atom. The van der Waals surface area contributed by atoms with Gasteiger partial charge < -0.3 is 4.74 Å². The van der Waals surface area contributed by atoms with Crippen molar-refractivity contribution in [2.24, 2.45) is 0 Å². The first-order valence-corrected chi connectivity index (χ1v) is 5.39. The Balaban J connectivity index is 2.55. The summed E-state index contributed by atoms with van der Waals surface area (Å²) in [6.45, 7) is 8.45. The molecular weight excluding hydrogens is 172 g/mol. The predicted octanol–water partition coefficient (Wildman–Crippen LogP) is 3.19. The lowest BCUT2D eigenvalue weighted by atomic mass is 9.87. The molecule has 0 bridgehead atoms. The number of hydrogen-bond acceptors (Lipinski definition) is 1. The topological polar surface area (TPSA) is 9.23 Å². The highest BCUT2D eigenvalue weighted by Crippen LogP contribution is 2.29. The maximum atomic E-state index is 5.47. The lowest BCUT2D eigenvalue weighted by molar-refractivity contribution is 0.110. The monoisotopic (exact) mass is 190 g/mol. The second-order valence-corrected chi connectivity index (χ2v) is 4.39. The van der Waals surface area contributed by atoms with Gasteiger partial charge in [0, 0.05) is 0 Å². The molecule has 0 saturated carbocycles. The van der Waals surface area contributed by atoms with E-state index in [9.17, 15) is 0 Å². The van der Waals surface area contributed by atoms with E-state index in [0.29, 0.717) is 5.92 Å². The summed E-state index contributed by atoms with van der Waals surface area (Å²) in [5, 5.41) is 0. The summed E-state index contributed by atoms with van der Waals surface area (Å²) in [6, 6.07) is 4.44. The van der Waals surface area contributed by atoms with Gasteiger partial charge in [-0.2, -0.15) is 0 Å². The molecular formula is C13H18O. The number of hydrogen-bond donors (Lipinski definition) is 0. The molecule has 76 valence electrons. The van der Waals surface area contributed by atoms with Crippen molar-refractivity contribution in [1.82, 2.24) is 0 Å². The minimum Gasteiger partial charge on any atom is -0.376 e. The van der Waals surface area contributed by atoms with E-state index in [1.807, 2.05) is 0 Å². The number of rotatable bonds is 1. The van der Waals surface area contributed by atoms with Gasteiger partial charge in [0.25, 0.3) is 0 Å².